The number of halogens is 4. The van der Waals surface area contributed by atoms with Crippen molar-refractivity contribution in [1.82, 2.24) is 14.5 Å². The average molecular weight is 945 g/mol. The molecule has 1 unspecified atom stereocenters. The maximum atomic E-state index is 14.1. The van der Waals surface area contributed by atoms with Crippen LogP contribution in [0.4, 0.5) is 24.5 Å². The fraction of sp³-hybridized carbons (Fsp3) is 0.413. The lowest BCUT2D eigenvalue weighted by Crippen LogP contribution is -2.47. The van der Waals surface area contributed by atoms with Gasteiger partial charge in [0.1, 0.15) is 4.90 Å². The Balaban J connectivity index is 1.01. The molecule has 2 saturated heterocycles. The highest BCUT2D eigenvalue weighted by atomic mass is 35.5. The topological polar surface area (TPSA) is 119 Å². The first-order valence-corrected chi connectivity index (χ1v) is 25.7. The van der Waals surface area contributed by atoms with Crippen LogP contribution in [0.25, 0.3) is 5.57 Å². The van der Waals surface area contributed by atoms with Crippen molar-refractivity contribution < 1.29 is 34.8 Å². The molecule has 17 heteroatoms. The minimum absolute atomic E-state index is 0.00849. The van der Waals surface area contributed by atoms with E-state index in [-0.39, 0.29) is 11.3 Å². The average Bonchev–Trinajstić information content (AvgIpc) is 3.70. The summed E-state index contributed by atoms with van der Waals surface area (Å²) < 4.78 is 97.5. The van der Waals surface area contributed by atoms with Gasteiger partial charge in [-0.15, -0.1) is 11.8 Å². The van der Waals surface area contributed by atoms with Gasteiger partial charge in [-0.1, -0.05) is 53.9 Å². The molecule has 2 N–H and O–H groups in total. The number of hydrogen-bond donors (Lipinski definition) is 2. The lowest BCUT2D eigenvalue weighted by Gasteiger charge is -2.37. The molecular formula is C46H53ClF3N5O5S3. The summed E-state index contributed by atoms with van der Waals surface area (Å²) in [7, 11) is -10.8. The van der Waals surface area contributed by atoms with E-state index in [0.29, 0.717) is 24.8 Å². The van der Waals surface area contributed by atoms with Gasteiger partial charge >= 0.3 is 5.51 Å². The molecule has 0 spiro atoms. The highest BCUT2D eigenvalue weighted by Crippen LogP contribution is 2.37. The van der Waals surface area contributed by atoms with Crippen molar-refractivity contribution in [3.63, 3.8) is 0 Å². The number of allylic oxidation sites excluding steroid dienone is 1. The number of alkyl halides is 3. The van der Waals surface area contributed by atoms with E-state index in [2.05, 4.69) is 32.1 Å². The van der Waals surface area contributed by atoms with Gasteiger partial charge in [0.15, 0.2) is 0 Å². The van der Waals surface area contributed by atoms with Gasteiger partial charge in [-0.05, 0) is 136 Å². The minimum Gasteiger partial charge on any atom is -0.380 e. The fourth-order valence-corrected chi connectivity index (χ4v) is 11.6. The molecule has 1 atom stereocenters. The first-order valence-electron chi connectivity index (χ1n) is 21.4. The van der Waals surface area contributed by atoms with Gasteiger partial charge in [-0.25, -0.2) is 21.6 Å². The van der Waals surface area contributed by atoms with E-state index in [9.17, 15) is 34.8 Å². The Bertz CT molecular complexity index is 2440. The molecule has 63 heavy (non-hydrogen) atoms. The number of piperazine rings is 1. The van der Waals surface area contributed by atoms with Crippen LogP contribution >= 0.6 is 23.4 Å². The van der Waals surface area contributed by atoms with Gasteiger partial charge in [0, 0.05) is 72.2 Å². The molecule has 2 fully saturated rings. The fourth-order valence-electron chi connectivity index (χ4n) is 8.43. The van der Waals surface area contributed by atoms with Gasteiger partial charge in [-0.3, -0.25) is 9.69 Å². The lowest BCUT2D eigenvalue weighted by molar-refractivity contribution is -0.0435. The number of anilines is 2. The van der Waals surface area contributed by atoms with Gasteiger partial charge in [-0.2, -0.15) is 13.2 Å². The highest BCUT2D eigenvalue weighted by molar-refractivity contribution is 7.99. The monoisotopic (exact) mass is 943 g/mol. The second kappa shape index (κ2) is 20.8. The van der Waals surface area contributed by atoms with Crippen LogP contribution in [0.5, 0.6) is 0 Å². The molecule has 0 radical (unpaired) electrons. The number of sulfone groups is 1. The van der Waals surface area contributed by atoms with Crippen molar-refractivity contribution in [3.8, 4) is 0 Å². The molecule has 2 heterocycles. The lowest BCUT2D eigenvalue weighted by atomic mass is 9.95. The van der Waals surface area contributed by atoms with Crippen molar-refractivity contribution in [2.45, 2.75) is 77.6 Å². The van der Waals surface area contributed by atoms with Crippen LogP contribution in [0.15, 0.2) is 117 Å². The number of amides is 1. The summed E-state index contributed by atoms with van der Waals surface area (Å²) in [6.07, 6.45) is 8.28. The molecule has 4 aromatic rings. The van der Waals surface area contributed by atoms with Crippen molar-refractivity contribution in [3.05, 3.63) is 119 Å². The van der Waals surface area contributed by atoms with Gasteiger partial charge < -0.3 is 15.1 Å². The van der Waals surface area contributed by atoms with Crippen LogP contribution in [0.1, 0.15) is 67.3 Å². The molecule has 10 nitrogen and oxygen atoms in total. The SMILES string of the molecule is O=C(NS(=O)(=O)c1ccc(NC(CCN2CCCC2)CSc2ccccc2)c(S(=O)(=O)C(F)(F)F)c1)c1ccc(N2CCN(CC3=C(c4ccc(Cl)cc4)CCCCC3)CC2)cc1. The largest absolute Gasteiger partial charge is 0.501 e. The first kappa shape index (κ1) is 46.9. The zero-order chi connectivity index (χ0) is 44.6. The molecule has 1 amide bonds. The zero-order valence-electron chi connectivity index (χ0n) is 35.0. The Kier molecular flexibility index (Phi) is 15.5. The molecule has 0 aromatic heterocycles. The Morgan fingerprint density at radius 3 is 2.13 bits per heavy atom. The number of hydrogen-bond acceptors (Lipinski definition) is 10. The Morgan fingerprint density at radius 2 is 1.44 bits per heavy atom. The van der Waals surface area contributed by atoms with Crippen LogP contribution in [0, 0.1) is 0 Å². The van der Waals surface area contributed by atoms with Crippen molar-refractivity contribution in [1.29, 1.82) is 0 Å². The highest BCUT2D eigenvalue weighted by Gasteiger charge is 2.48. The summed E-state index contributed by atoms with van der Waals surface area (Å²) in [6, 6.07) is 26.0. The Hall–Kier alpha value is -4.06. The number of nitrogens with zero attached hydrogens (tertiary/aromatic N) is 3. The number of benzene rings is 4. The van der Waals surface area contributed by atoms with E-state index in [1.807, 2.05) is 47.2 Å². The number of nitrogens with one attached hydrogen (secondary N) is 2. The number of carbonyl (C=O) groups excluding carboxylic acids is 1. The Labute approximate surface area is 378 Å². The molecule has 4 aromatic carbocycles. The van der Waals surface area contributed by atoms with Crippen LogP contribution < -0.4 is 14.9 Å². The smallest absolute Gasteiger partial charge is 0.380 e. The maximum Gasteiger partial charge on any atom is 0.501 e. The predicted octanol–water partition coefficient (Wildman–Crippen LogP) is 9.35. The number of rotatable bonds is 16. The molecule has 0 bridgehead atoms. The second-order valence-electron chi connectivity index (χ2n) is 16.3. The second-order valence-corrected chi connectivity index (χ2v) is 21.4. The maximum absolute atomic E-state index is 14.1. The summed E-state index contributed by atoms with van der Waals surface area (Å²) in [5, 5.41) is 3.73. The van der Waals surface area contributed by atoms with Crippen molar-refractivity contribution in [2.75, 3.05) is 68.3 Å². The van der Waals surface area contributed by atoms with E-state index < -0.39 is 47.1 Å². The number of likely N-dealkylation sites (tertiary alicyclic amines) is 1. The number of thioether (sulfide) groups is 1. The van der Waals surface area contributed by atoms with Crippen molar-refractivity contribution in [2.24, 2.45) is 0 Å². The quantitative estimate of drug-likeness (QED) is 0.105. The summed E-state index contributed by atoms with van der Waals surface area (Å²) in [5.74, 6) is -0.610. The van der Waals surface area contributed by atoms with Gasteiger partial charge in [0.25, 0.3) is 25.8 Å². The van der Waals surface area contributed by atoms with Crippen LogP contribution in [-0.2, 0) is 19.9 Å². The molecule has 2 aliphatic heterocycles. The normalized spacial score (nSPS) is 17.7. The Morgan fingerprint density at radius 1 is 0.762 bits per heavy atom. The zero-order valence-corrected chi connectivity index (χ0v) is 38.2. The molecule has 1 aliphatic carbocycles. The van der Waals surface area contributed by atoms with E-state index in [1.54, 1.807) is 12.1 Å². The summed E-state index contributed by atoms with van der Waals surface area (Å²) in [6.45, 7) is 6.53. The van der Waals surface area contributed by atoms with E-state index in [4.69, 9.17) is 11.6 Å². The molecule has 3 aliphatic rings. The van der Waals surface area contributed by atoms with E-state index in [0.717, 1.165) is 99.2 Å². The van der Waals surface area contributed by atoms with Gasteiger partial charge in [0.05, 0.1) is 10.6 Å². The van der Waals surface area contributed by atoms with Crippen LogP contribution in [0.2, 0.25) is 5.02 Å². The summed E-state index contributed by atoms with van der Waals surface area (Å²) in [5.41, 5.74) is -1.10. The molecule has 7 rings (SSSR count). The minimum atomic E-state index is -6.03. The number of carbonyl (C=O) groups is 1. The predicted molar refractivity (Wildman–Crippen MR) is 246 cm³/mol. The molecule has 338 valence electrons. The third kappa shape index (κ3) is 12.2. The third-order valence-corrected chi connectivity index (χ3v) is 16.2. The van der Waals surface area contributed by atoms with Gasteiger partial charge in [0.2, 0.25) is 0 Å². The summed E-state index contributed by atoms with van der Waals surface area (Å²) in [4.78, 5) is 19.1. The van der Waals surface area contributed by atoms with E-state index in [1.165, 1.54) is 59.9 Å². The number of sulfonamides is 1. The molecular weight excluding hydrogens is 891 g/mol. The first-order chi connectivity index (χ1) is 30.2. The molecule has 0 saturated carbocycles. The van der Waals surface area contributed by atoms with Crippen molar-refractivity contribution >= 4 is 66.1 Å². The third-order valence-electron chi connectivity index (χ3n) is 11.9. The summed E-state index contributed by atoms with van der Waals surface area (Å²) >= 11 is 7.64. The standard InChI is InChI=1S/C46H53ClF3N5O5S3/c47-37-17-13-34(14-18-37)42-12-6-1-3-9-36(42)32-54-27-29-55(30-28-54)39-19-15-35(16-20-39)45(56)52-63(59,60)41-21-22-43(44(31-41)62(57,58)46(48,49)50)51-38(23-26-53-24-7-8-25-53)33-61-40-10-4-2-5-11-40/h2,4-5,10-11,13-22,31,38,51H,1,3,6-9,12,23-30,32-33H2,(H,52,56). The van der Waals surface area contributed by atoms with E-state index >= 15 is 0 Å². The van der Waals surface area contributed by atoms with Crippen LogP contribution in [-0.4, -0.2) is 102 Å². The van der Waals surface area contributed by atoms with Crippen LogP contribution in [0.3, 0.4) is 0 Å².